The van der Waals surface area contributed by atoms with Crippen LogP contribution in [0.2, 0.25) is 0 Å². The predicted octanol–water partition coefficient (Wildman–Crippen LogP) is 2.19. The van der Waals surface area contributed by atoms with E-state index < -0.39 is 0 Å². The van der Waals surface area contributed by atoms with E-state index in [2.05, 4.69) is 0 Å². The Balaban J connectivity index is 2.82. The van der Waals surface area contributed by atoms with Gasteiger partial charge in [-0.15, -0.1) is 0 Å². The molecule has 0 atom stereocenters. The smallest absolute Gasteiger partial charge is 0.164 e. The van der Waals surface area contributed by atoms with E-state index in [1.165, 1.54) is 0 Å². The molecular weight excluding hydrogens is 214 g/mol. The lowest BCUT2D eigenvalue weighted by Gasteiger charge is -2.23. The highest BCUT2D eigenvalue weighted by atomic mass is 16.5. The van der Waals surface area contributed by atoms with Crippen molar-refractivity contribution < 1.29 is 9.53 Å². The zero-order valence-corrected chi connectivity index (χ0v) is 10.8. The first-order valence-electron chi connectivity index (χ1n) is 5.86. The Morgan fingerprint density at radius 3 is 2.71 bits per heavy atom. The molecule has 0 heterocycles. The molecule has 0 aliphatic carbocycles. The molecule has 0 radical (unpaired) electrons. The highest BCUT2D eigenvalue weighted by Crippen LogP contribution is 2.17. The second kappa shape index (κ2) is 5.94. The largest absolute Gasteiger partial charge is 0.378 e. The number of benzene rings is 1. The van der Waals surface area contributed by atoms with Crippen LogP contribution in [0.25, 0.3) is 0 Å². The number of rotatable bonds is 6. The lowest BCUT2D eigenvalue weighted by molar-refractivity contribution is 0.0232. The number of hydrogen-bond donors (Lipinski definition) is 1. The average molecular weight is 235 g/mol. The molecule has 0 saturated heterocycles. The van der Waals surface area contributed by atoms with Gasteiger partial charge in [-0.3, -0.25) is 4.79 Å². The second-order valence-electron chi connectivity index (χ2n) is 4.80. The summed E-state index contributed by atoms with van der Waals surface area (Å²) < 4.78 is 5.38. The number of Topliss-reactive ketones (excluding diaryl/α,β-unsaturated/α-hetero) is 1. The van der Waals surface area contributed by atoms with Crippen LogP contribution in [-0.4, -0.2) is 25.0 Å². The number of carbonyl (C=O) groups is 1. The molecule has 1 rings (SSSR count). The van der Waals surface area contributed by atoms with Gasteiger partial charge in [0.15, 0.2) is 5.78 Å². The summed E-state index contributed by atoms with van der Waals surface area (Å²) >= 11 is 0. The van der Waals surface area contributed by atoms with Crippen LogP contribution in [0.15, 0.2) is 24.3 Å². The third-order valence-electron chi connectivity index (χ3n) is 2.80. The van der Waals surface area contributed by atoms with E-state index in [4.69, 9.17) is 10.5 Å². The molecule has 94 valence electrons. The first kappa shape index (κ1) is 13.9. The van der Waals surface area contributed by atoms with Crippen LogP contribution in [0.5, 0.6) is 0 Å². The summed E-state index contributed by atoms with van der Waals surface area (Å²) in [4.78, 5) is 11.7. The van der Waals surface area contributed by atoms with Gasteiger partial charge in [-0.25, -0.2) is 0 Å². The van der Waals surface area contributed by atoms with Crippen molar-refractivity contribution in [1.29, 1.82) is 0 Å². The molecule has 3 heteroatoms. The fourth-order valence-electron chi connectivity index (χ4n) is 1.69. The minimum atomic E-state index is -0.213. The van der Waals surface area contributed by atoms with Crippen LogP contribution in [0.3, 0.4) is 0 Å². The van der Waals surface area contributed by atoms with Gasteiger partial charge in [-0.2, -0.15) is 0 Å². The Kier molecular flexibility index (Phi) is 4.85. The lowest BCUT2D eigenvalue weighted by Crippen LogP contribution is -2.25. The highest BCUT2D eigenvalue weighted by molar-refractivity contribution is 5.96. The van der Waals surface area contributed by atoms with E-state index in [9.17, 15) is 4.79 Å². The van der Waals surface area contributed by atoms with Gasteiger partial charge < -0.3 is 10.5 Å². The minimum Gasteiger partial charge on any atom is -0.378 e. The molecule has 0 aliphatic rings. The van der Waals surface area contributed by atoms with Gasteiger partial charge in [-0.1, -0.05) is 18.2 Å². The Labute approximate surface area is 103 Å². The summed E-state index contributed by atoms with van der Waals surface area (Å²) in [5.41, 5.74) is 7.02. The van der Waals surface area contributed by atoms with Crippen LogP contribution in [-0.2, 0) is 11.2 Å². The maximum absolute atomic E-state index is 11.7. The topological polar surface area (TPSA) is 52.3 Å². The summed E-state index contributed by atoms with van der Waals surface area (Å²) in [5.74, 6) is 0.101. The van der Waals surface area contributed by atoms with Crippen molar-refractivity contribution in [3.05, 3.63) is 35.4 Å². The fraction of sp³-hybridized carbons (Fsp3) is 0.500. The number of methoxy groups -OCH3 is 1. The van der Waals surface area contributed by atoms with Gasteiger partial charge in [0.1, 0.15) is 0 Å². The summed E-state index contributed by atoms with van der Waals surface area (Å²) in [6.07, 6.45) is 1.18. The fourth-order valence-corrected chi connectivity index (χ4v) is 1.69. The van der Waals surface area contributed by atoms with E-state index in [0.29, 0.717) is 13.0 Å². The summed E-state index contributed by atoms with van der Waals surface area (Å²) in [7, 11) is 1.70. The van der Waals surface area contributed by atoms with Crippen molar-refractivity contribution in [3.8, 4) is 0 Å². The molecule has 0 bridgehead atoms. The minimum absolute atomic E-state index is 0.101. The number of ether oxygens (including phenoxy) is 1. The molecular formula is C14H21NO2. The number of nitrogens with two attached hydrogens (primary N) is 1. The third-order valence-corrected chi connectivity index (χ3v) is 2.80. The Morgan fingerprint density at radius 1 is 1.41 bits per heavy atom. The number of carbonyl (C=O) groups excluding carboxylic acids is 1. The van der Waals surface area contributed by atoms with Crippen molar-refractivity contribution in [1.82, 2.24) is 0 Å². The van der Waals surface area contributed by atoms with Gasteiger partial charge in [0, 0.05) is 25.5 Å². The predicted molar refractivity (Wildman–Crippen MR) is 69.2 cm³/mol. The number of ketones is 1. The van der Waals surface area contributed by atoms with Gasteiger partial charge in [0.2, 0.25) is 0 Å². The third kappa shape index (κ3) is 4.29. The maximum Gasteiger partial charge on any atom is 0.164 e. The molecule has 0 saturated carbocycles. The van der Waals surface area contributed by atoms with Crippen LogP contribution in [0.4, 0.5) is 0 Å². The van der Waals surface area contributed by atoms with E-state index in [0.717, 1.165) is 17.5 Å². The monoisotopic (exact) mass is 235 g/mol. The first-order valence-corrected chi connectivity index (χ1v) is 5.86. The van der Waals surface area contributed by atoms with Crippen LogP contribution < -0.4 is 5.73 Å². The van der Waals surface area contributed by atoms with Crippen LogP contribution in [0, 0.1) is 0 Å². The second-order valence-corrected chi connectivity index (χ2v) is 4.80. The SMILES string of the molecule is COC(C)(C)Cc1cccc(C(=O)CCN)c1. The summed E-state index contributed by atoms with van der Waals surface area (Å²) in [6.45, 7) is 4.45. The van der Waals surface area contributed by atoms with E-state index in [1.54, 1.807) is 7.11 Å². The standard InChI is InChI=1S/C14H21NO2/c1-14(2,17-3)10-11-5-4-6-12(9-11)13(16)7-8-15/h4-6,9H,7-8,10,15H2,1-3H3. The number of hydrogen-bond acceptors (Lipinski definition) is 3. The quantitative estimate of drug-likeness (QED) is 0.769. The van der Waals surface area contributed by atoms with Crippen LogP contribution in [0.1, 0.15) is 36.2 Å². The maximum atomic E-state index is 11.7. The van der Waals surface area contributed by atoms with E-state index in [-0.39, 0.29) is 11.4 Å². The Morgan fingerprint density at radius 2 is 2.12 bits per heavy atom. The molecule has 1 aromatic carbocycles. The van der Waals surface area contributed by atoms with Gasteiger partial charge in [0.25, 0.3) is 0 Å². The van der Waals surface area contributed by atoms with Gasteiger partial charge in [0.05, 0.1) is 5.60 Å². The van der Waals surface area contributed by atoms with Crippen LogP contribution >= 0.6 is 0 Å². The molecule has 0 amide bonds. The molecule has 1 aromatic rings. The lowest BCUT2D eigenvalue weighted by atomic mass is 9.96. The van der Waals surface area contributed by atoms with Crippen molar-refractivity contribution in [2.75, 3.05) is 13.7 Å². The van der Waals surface area contributed by atoms with Crippen molar-refractivity contribution in [3.63, 3.8) is 0 Å². The molecule has 0 aromatic heterocycles. The highest BCUT2D eigenvalue weighted by Gasteiger charge is 2.17. The van der Waals surface area contributed by atoms with E-state index in [1.807, 2.05) is 38.1 Å². The molecule has 0 spiro atoms. The Bertz CT molecular complexity index is 386. The van der Waals surface area contributed by atoms with Crippen molar-refractivity contribution >= 4 is 5.78 Å². The molecule has 0 unspecified atom stereocenters. The molecule has 17 heavy (non-hydrogen) atoms. The van der Waals surface area contributed by atoms with E-state index >= 15 is 0 Å². The normalized spacial score (nSPS) is 11.5. The molecule has 0 aliphatic heterocycles. The molecule has 2 N–H and O–H groups in total. The zero-order chi connectivity index (χ0) is 12.9. The first-order chi connectivity index (χ1) is 7.98. The average Bonchev–Trinajstić information content (AvgIpc) is 2.29. The zero-order valence-electron chi connectivity index (χ0n) is 10.8. The molecule has 3 nitrogen and oxygen atoms in total. The molecule has 0 fully saturated rings. The summed E-state index contributed by atoms with van der Waals surface area (Å²) in [5, 5.41) is 0. The van der Waals surface area contributed by atoms with Gasteiger partial charge in [-0.05, 0) is 32.0 Å². The van der Waals surface area contributed by atoms with Crippen molar-refractivity contribution in [2.45, 2.75) is 32.3 Å². The van der Waals surface area contributed by atoms with Crippen molar-refractivity contribution in [2.24, 2.45) is 5.73 Å². The van der Waals surface area contributed by atoms with Gasteiger partial charge >= 0.3 is 0 Å². The summed E-state index contributed by atoms with van der Waals surface area (Å²) in [6, 6.07) is 7.69. The Hall–Kier alpha value is -1.19.